The average molecular weight is 422 g/mol. The number of hydrogen-bond acceptors (Lipinski definition) is 5. The van der Waals surface area contributed by atoms with Crippen LogP contribution < -0.4 is 10.3 Å². The molecule has 0 saturated heterocycles. The first kappa shape index (κ1) is 21.2. The largest absolute Gasteiger partial charge is 0.494 e. The maximum absolute atomic E-state index is 12.9. The van der Waals surface area contributed by atoms with E-state index < -0.39 is 11.6 Å². The first-order valence-corrected chi connectivity index (χ1v) is 9.57. The van der Waals surface area contributed by atoms with E-state index in [1.54, 1.807) is 32.0 Å². The highest BCUT2D eigenvalue weighted by molar-refractivity contribution is 6.30. The van der Waals surface area contributed by atoms with Crippen LogP contribution in [0.1, 0.15) is 35.2 Å². The Hall–Kier alpha value is -3.56. The Morgan fingerprint density at radius 2 is 1.97 bits per heavy atom. The molecule has 0 amide bonds. The van der Waals surface area contributed by atoms with Crippen LogP contribution in [0.3, 0.4) is 0 Å². The van der Waals surface area contributed by atoms with Gasteiger partial charge in [-0.25, -0.2) is 0 Å². The summed E-state index contributed by atoms with van der Waals surface area (Å²) >= 11 is 6.05. The maximum Gasteiger partial charge on any atom is 0.272 e. The van der Waals surface area contributed by atoms with E-state index in [1.807, 2.05) is 36.4 Å². The van der Waals surface area contributed by atoms with Gasteiger partial charge in [-0.15, -0.1) is 0 Å². The van der Waals surface area contributed by atoms with E-state index in [4.69, 9.17) is 16.3 Å². The van der Waals surface area contributed by atoms with Crippen LogP contribution in [-0.4, -0.2) is 23.0 Å². The van der Waals surface area contributed by atoms with Gasteiger partial charge in [0.2, 0.25) is 5.88 Å². The molecule has 1 N–H and O–H groups in total. The Kier molecular flexibility index (Phi) is 6.24. The quantitative estimate of drug-likeness (QED) is 0.602. The standard InChI is InChI=1S/C23H20ClN3O3/c1-14-18(12-25)22(28)27(15(2)16-7-5-4-6-8-16)23(29)19(14)13-26-20-11-17(24)9-10-21(20)30-3/h4-11,13,15,29H,1-3H3. The first-order valence-electron chi connectivity index (χ1n) is 9.19. The molecule has 0 fully saturated rings. The predicted octanol–water partition coefficient (Wildman–Crippen LogP) is 4.76. The Morgan fingerprint density at radius 3 is 2.60 bits per heavy atom. The molecule has 1 atom stereocenters. The summed E-state index contributed by atoms with van der Waals surface area (Å²) in [4.78, 5) is 17.3. The highest BCUT2D eigenvalue weighted by Gasteiger charge is 2.22. The first-order chi connectivity index (χ1) is 14.4. The number of halogens is 1. The van der Waals surface area contributed by atoms with Crippen molar-refractivity contribution in [1.29, 1.82) is 5.26 Å². The van der Waals surface area contributed by atoms with E-state index >= 15 is 0 Å². The molecule has 152 valence electrons. The second-order valence-electron chi connectivity index (χ2n) is 6.69. The minimum atomic E-state index is -0.554. The van der Waals surface area contributed by atoms with Crippen LogP contribution in [0, 0.1) is 18.3 Å². The molecule has 3 aromatic rings. The van der Waals surface area contributed by atoms with Crippen molar-refractivity contribution in [2.24, 2.45) is 4.99 Å². The van der Waals surface area contributed by atoms with Crippen molar-refractivity contribution in [2.45, 2.75) is 19.9 Å². The molecule has 6 nitrogen and oxygen atoms in total. The van der Waals surface area contributed by atoms with E-state index in [9.17, 15) is 15.2 Å². The van der Waals surface area contributed by atoms with Crippen molar-refractivity contribution >= 4 is 23.5 Å². The molecule has 1 unspecified atom stereocenters. The van der Waals surface area contributed by atoms with Crippen LogP contribution in [-0.2, 0) is 0 Å². The number of aromatic nitrogens is 1. The Balaban J connectivity index is 2.20. The zero-order valence-corrected chi connectivity index (χ0v) is 17.5. The smallest absolute Gasteiger partial charge is 0.272 e. The molecule has 0 saturated carbocycles. The van der Waals surface area contributed by atoms with Crippen molar-refractivity contribution < 1.29 is 9.84 Å². The van der Waals surface area contributed by atoms with Gasteiger partial charge in [-0.1, -0.05) is 41.9 Å². The summed E-state index contributed by atoms with van der Waals surface area (Å²) < 4.78 is 6.50. The molecule has 0 radical (unpaired) electrons. The van der Waals surface area contributed by atoms with E-state index in [2.05, 4.69) is 4.99 Å². The van der Waals surface area contributed by atoms with Crippen molar-refractivity contribution in [2.75, 3.05) is 7.11 Å². The summed E-state index contributed by atoms with van der Waals surface area (Å²) in [5.41, 5.74) is 1.30. The third kappa shape index (κ3) is 3.93. The van der Waals surface area contributed by atoms with E-state index in [1.165, 1.54) is 17.9 Å². The van der Waals surface area contributed by atoms with Crippen LogP contribution in [0.4, 0.5) is 5.69 Å². The summed E-state index contributed by atoms with van der Waals surface area (Å²) in [6.45, 7) is 3.39. The lowest BCUT2D eigenvalue weighted by atomic mass is 10.0. The number of aromatic hydroxyl groups is 1. The second kappa shape index (κ2) is 8.85. The summed E-state index contributed by atoms with van der Waals surface area (Å²) in [6, 6.07) is 15.7. The van der Waals surface area contributed by atoms with Crippen LogP contribution in [0.2, 0.25) is 5.02 Å². The molecule has 0 aliphatic heterocycles. The van der Waals surface area contributed by atoms with Gasteiger partial charge < -0.3 is 9.84 Å². The van der Waals surface area contributed by atoms with Gasteiger partial charge >= 0.3 is 0 Å². The molecular weight excluding hydrogens is 402 g/mol. The zero-order chi connectivity index (χ0) is 21.8. The molecule has 1 aromatic heterocycles. The summed E-state index contributed by atoms with van der Waals surface area (Å²) in [5, 5.41) is 21.0. The van der Waals surface area contributed by atoms with E-state index in [-0.39, 0.29) is 17.0 Å². The van der Waals surface area contributed by atoms with Crippen molar-refractivity contribution in [3.63, 3.8) is 0 Å². The number of methoxy groups -OCH3 is 1. The van der Waals surface area contributed by atoms with Crippen LogP contribution in [0.5, 0.6) is 11.6 Å². The lowest BCUT2D eigenvalue weighted by Crippen LogP contribution is -2.28. The number of benzene rings is 2. The number of aliphatic imine (C=N–C) groups is 1. The molecular formula is C23H20ClN3O3. The molecule has 0 spiro atoms. The summed E-state index contributed by atoms with van der Waals surface area (Å²) in [7, 11) is 1.51. The van der Waals surface area contributed by atoms with Crippen LogP contribution >= 0.6 is 11.6 Å². The van der Waals surface area contributed by atoms with Crippen LogP contribution in [0.15, 0.2) is 58.3 Å². The highest BCUT2D eigenvalue weighted by atomic mass is 35.5. The van der Waals surface area contributed by atoms with Crippen LogP contribution in [0.25, 0.3) is 0 Å². The lowest BCUT2D eigenvalue weighted by molar-refractivity contribution is 0.393. The van der Waals surface area contributed by atoms with Gasteiger partial charge in [0.15, 0.2) is 0 Å². The minimum Gasteiger partial charge on any atom is -0.494 e. The van der Waals surface area contributed by atoms with Gasteiger partial charge in [0.05, 0.1) is 18.7 Å². The third-order valence-electron chi connectivity index (χ3n) is 4.94. The predicted molar refractivity (Wildman–Crippen MR) is 117 cm³/mol. The lowest BCUT2D eigenvalue weighted by Gasteiger charge is -2.20. The number of pyridine rings is 1. The van der Waals surface area contributed by atoms with Crippen molar-refractivity contribution in [3.05, 3.63) is 86.2 Å². The number of hydrogen-bond donors (Lipinski definition) is 1. The molecule has 0 aliphatic carbocycles. The Bertz CT molecular complexity index is 1210. The number of rotatable bonds is 5. The fourth-order valence-electron chi connectivity index (χ4n) is 3.23. The fourth-order valence-corrected chi connectivity index (χ4v) is 3.40. The Labute approximate surface area is 179 Å². The zero-order valence-electron chi connectivity index (χ0n) is 16.8. The van der Waals surface area contributed by atoms with E-state index in [0.29, 0.717) is 22.0 Å². The summed E-state index contributed by atoms with van der Waals surface area (Å²) in [6.07, 6.45) is 1.41. The molecule has 2 aromatic carbocycles. The van der Waals surface area contributed by atoms with Gasteiger partial charge in [0, 0.05) is 11.2 Å². The number of nitrogens with zero attached hydrogens (tertiary/aromatic N) is 3. The van der Waals surface area contributed by atoms with Crippen molar-refractivity contribution in [1.82, 2.24) is 4.57 Å². The van der Waals surface area contributed by atoms with Crippen molar-refractivity contribution in [3.8, 4) is 17.7 Å². The second-order valence-corrected chi connectivity index (χ2v) is 7.12. The molecule has 0 aliphatic rings. The summed E-state index contributed by atoms with van der Waals surface area (Å²) in [5.74, 6) is 0.233. The van der Waals surface area contributed by atoms with Gasteiger partial charge in [0.1, 0.15) is 23.1 Å². The SMILES string of the molecule is COc1ccc(Cl)cc1N=Cc1c(C)c(C#N)c(=O)n(C(C)c2ccccc2)c1O. The maximum atomic E-state index is 12.9. The van der Waals surface area contributed by atoms with Gasteiger partial charge in [-0.3, -0.25) is 14.4 Å². The molecule has 7 heteroatoms. The molecule has 30 heavy (non-hydrogen) atoms. The fraction of sp³-hybridized carbons (Fsp3) is 0.174. The minimum absolute atomic E-state index is 0.0462. The van der Waals surface area contributed by atoms with Gasteiger partial charge in [0.25, 0.3) is 5.56 Å². The highest BCUT2D eigenvalue weighted by Crippen LogP contribution is 2.32. The van der Waals surface area contributed by atoms with Gasteiger partial charge in [-0.2, -0.15) is 5.26 Å². The molecule has 0 bridgehead atoms. The monoisotopic (exact) mass is 421 g/mol. The molecule has 3 rings (SSSR count). The Morgan fingerprint density at radius 1 is 1.27 bits per heavy atom. The topological polar surface area (TPSA) is 87.6 Å². The average Bonchev–Trinajstić information content (AvgIpc) is 2.74. The van der Waals surface area contributed by atoms with E-state index in [0.717, 1.165) is 5.56 Å². The normalized spacial score (nSPS) is 12.0. The molecule has 1 heterocycles. The third-order valence-corrected chi connectivity index (χ3v) is 5.17. The number of nitriles is 1. The van der Waals surface area contributed by atoms with Gasteiger partial charge in [-0.05, 0) is 43.2 Å². The number of ether oxygens (including phenoxy) is 1.